The number of aromatic nitrogens is 1. The van der Waals surface area contributed by atoms with Gasteiger partial charge in [0.15, 0.2) is 5.58 Å². The van der Waals surface area contributed by atoms with Crippen LogP contribution in [0.3, 0.4) is 0 Å². The second-order valence-corrected chi connectivity index (χ2v) is 4.88. The molecule has 0 spiro atoms. The van der Waals surface area contributed by atoms with Crippen molar-refractivity contribution in [3.63, 3.8) is 0 Å². The second-order valence-electron chi connectivity index (χ2n) is 4.88. The third-order valence-corrected chi connectivity index (χ3v) is 2.95. The molecule has 1 aromatic heterocycles. The van der Waals surface area contributed by atoms with Crippen LogP contribution in [0.2, 0.25) is 0 Å². The van der Waals surface area contributed by atoms with E-state index in [9.17, 15) is 0 Å². The zero-order chi connectivity index (χ0) is 12.0. The number of hydrogen-bond donors (Lipinski definition) is 2. The zero-order valence-corrected chi connectivity index (χ0v) is 9.91. The average Bonchev–Trinajstić information content (AvgIpc) is 2.58. The zero-order valence-electron chi connectivity index (χ0n) is 9.91. The Morgan fingerprint density at radius 2 is 2.18 bits per heavy atom. The molecule has 1 aliphatic heterocycles. The van der Waals surface area contributed by atoms with Gasteiger partial charge in [0.2, 0.25) is 0 Å². The molecule has 90 valence electrons. The Morgan fingerprint density at radius 1 is 1.41 bits per heavy atom. The van der Waals surface area contributed by atoms with E-state index in [-0.39, 0.29) is 5.54 Å². The Bertz CT molecular complexity index is 572. The maximum atomic E-state index is 5.78. The van der Waals surface area contributed by atoms with Crippen molar-refractivity contribution < 1.29 is 9.15 Å². The maximum Gasteiger partial charge on any atom is 0.296 e. The SMILES string of the molecule is Cc1cc(N)cc2nc(NC3(C)COC3)oc12. The molecule has 0 saturated carbocycles. The summed E-state index contributed by atoms with van der Waals surface area (Å²) >= 11 is 0. The standard InChI is InChI=1S/C12H15N3O2/c1-7-3-8(13)4-9-10(7)17-11(14-9)15-12(2)5-16-6-12/h3-4H,5-6,13H2,1-2H3,(H,14,15). The van der Waals surface area contributed by atoms with Gasteiger partial charge in [-0.1, -0.05) is 0 Å². The molecule has 0 unspecified atom stereocenters. The van der Waals surface area contributed by atoms with Crippen molar-refractivity contribution in [1.29, 1.82) is 0 Å². The molecule has 0 bridgehead atoms. The molecule has 0 radical (unpaired) electrons. The van der Waals surface area contributed by atoms with Gasteiger partial charge in [-0.05, 0) is 31.5 Å². The third kappa shape index (κ3) is 1.72. The molecule has 0 aliphatic carbocycles. The first kappa shape index (κ1) is 10.4. The fraction of sp³-hybridized carbons (Fsp3) is 0.417. The van der Waals surface area contributed by atoms with Crippen LogP contribution >= 0.6 is 0 Å². The van der Waals surface area contributed by atoms with Crippen LogP contribution in [-0.2, 0) is 4.74 Å². The van der Waals surface area contributed by atoms with E-state index in [0.717, 1.165) is 16.7 Å². The van der Waals surface area contributed by atoms with E-state index in [1.165, 1.54) is 0 Å². The number of fused-ring (bicyclic) bond motifs is 1. The predicted octanol–water partition coefficient (Wildman–Crippen LogP) is 1.92. The molecule has 1 aromatic carbocycles. The highest BCUT2D eigenvalue weighted by Crippen LogP contribution is 2.28. The minimum atomic E-state index is -0.0691. The lowest BCUT2D eigenvalue weighted by Gasteiger charge is -2.37. The van der Waals surface area contributed by atoms with Gasteiger partial charge in [0.05, 0.1) is 18.8 Å². The second kappa shape index (κ2) is 3.37. The number of nitrogens with two attached hydrogens (primary N) is 1. The molecule has 1 fully saturated rings. The third-order valence-electron chi connectivity index (χ3n) is 2.95. The van der Waals surface area contributed by atoms with Crippen LogP contribution in [-0.4, -0.2) is 23.7 Å². The van der Waals surface area contributed by atoms with Crippen molar-refractivity contribution in [2.24, 2.45) is 0 Å². The first-order valence-electron chi connectivity index (χ1n) is 5.58. The number of anilines is 2. The molecule has 17 heavy (non-hydrogen) atoms. The Kier molecular flexibility index (Phi) is 2.06. The summed E-state index contributed by atoms with van der Waals surface area (Å²) in [6.07, 6.45) is 0. The number of rotatable bonds is 2. The fourth-order valence-corrected chi connectivity index (χ4v) is 2.02. The molecule has 0 atom stereocenters. The highest BCUT2D eigenvalue weighted by atomic mass is 16.5. The fourth-order valence-electron chi connectivity index (χ4n) is 2.02. The number of hydrogen-bond acceptors (Lipinski definition) is 5. The van der Waals surface area contributed by atoms with Gasteiger partial charge in [0, 0.05) is 5.69 Å². The number of nitrogens with zero attached hydrogens (tertiary/aromatic N) is 1. The highest BCUT2D eigenvalue weighted by molar-refractivity contribution is 5.81. The van der Waals surface area contributed by atoms with Crippen molar-refractivity contribution >= 4 is 22.8 Å². The minimum absolute atomic E-state index is 0.0691. The molecule has 3 rings (SSSR count). The normalized spacial score (nSPS) is 18.0. The quantitative estimate of drug-likeness (QED) is 0.775. The van der Waals surface area contributed by atoms with E-state index in [2.05, 4.69) is 17.2 Å². The molecule has 0 amide bonds. The molecule has 1 aliphatic rings. The van der Waals surface area contributed by atoms with E-state index in [0.29, 0.717) is 24.9 Å². The van der Waals surface area contributed by atoms with Crippen molar-refractivity contribution in [2.75, 3.05) is 24.3 Å². The van der Waals surface area contributed by atoms with E-state index < -0.39 is 0 Å². The minimum Gasteiger partial charge on any atom is -0.423 e. The number of benzene rings is 1. The topological polar surface area (TPSA) is 73.3 Å². The maximum absolute atomic E-state index is 5.78. The summed E-state index contributed by atoms with van der Waals surface area (Å²) in [6, 6.07) is 4.22. The summed E-state index contributed by atoms with van der Waals surface area (Å²) in [7, 11) is 0. The van der Waals surface area contributed by atoms with Crippen molar-refractivity contribution in [3.8, 4) is 0 Å². The van der Waals surface area contributed by atoms with Gasteiger partial charge in [-0.25, -0.2) is 0 Å². The van der Waals surface area contributed by atoms with Crippen molar-refractivity contribution in [1.82, 2.24) is 4.98 Å². The van der Waals surface area contributed by atoms with Crippen LogP contribution < -0.4 is 11.1 Å². The van der Waals surface area contributed by atoms with Crippen LogP contribution in [0.25, 0.3) is 11.1 Å². The predicted molar refractivity (Wildman–Crippen MR) is 66.0 cm³/mol. The summed E-state index contributed by atoms with van der Waals surface area (Å²) in [5.74, 6) is 0. The lowest BCUT2D eigenvalue weighted by Crippen LogP contribution is -2.53. The Hall–Kier alpha value is -1.75. The molecule has 2 aromatic rings. The van der Waals surface area contributed by atoms with Gasteiger partial charge >= 0.3 is 0 Å². The van der Waals surface area contributed by atoms with Crippen LogP contribution in [0.4, 0.5) is 11.7 Å². The van der Waals surface area contributed by atoms with Crippen molar-refractivity contribution in [2.45, 2.75) is 19.4 Å². The van der Waals surface area contributed by atoms with E-state index in [1.54, 1.807) is 0 Å². The monoisotopic (exact) mass is 233 g/mol. The molecular formula is C12H15N3O2. The van der Waals surface area contributed by atoms with Gasteiger partial charge in [-0.2, -0.15) is 4.98 Å². The molecule has 2 heterocycles. The van der Waals surface area contributed by atoms with Gasteiger partial charge in [0.1, 0.15) is 5.52 Å². The first-order chi connectivity index (χ1) is 8.06. The van der Waals surface area contributed by atoms with Gasteiger partial charge in [-0.3, -0.25) is 0 Å². The Morgan fingerprint density at radius 3 is 2.82 bits per heavy atom. The molecule has 3 N–H and O–H groups in total. The summed E-state index contributed by atoms with van der Waals surface area (Å²) in [5.41, 5.74) is 8.97. The van der Waals surface area contributed by atoms with E-state index in [1.807, 2.05) is 19.1 Å². The van der Waals surface area contributed by atoms with Crippen molar-refractivity contribution in [3.05, 3.63) is 17.7 Å². The Labute approximate surface area is 98.9 Å². The lowest BCUT2D eigenvalue weighted by molar-refractivity contribution is -0.0328. The van der Waals surface area contributed by atoms with E-state index in [4.69, 9.17) is 14.9 Å². The summed E-state index contributed by atoms with van der Waals surface area (Å²) in [4.78, 5) is 4.39. The summed E-state index contributed by atoms with van der Waals surface area (Å²) < 4.78 is 10.9. The molecule has 5 heteroatoms. The average molecular weight is 233 g/mol. The van der Waals surface area contributed by atoms with Crippen LogP contribution in [0.5, 0.6) is 0 Å². The number of aryl methyl sites for hydroxylation is 1. The van der Waals surface area contributed by atoms with Gasteiger partial charge in [0.25, 0.3) is 6.01 Å². The number of nitrogens with one attached hydrogen (secondary N) is 1. The summed E-state index contributed by atoms with van der Waals surface area (Å²) in [5, 5.41) is 3.25. The number of nitrogen functional groups attached to an aromatic ring is 1. The molecular weight excluding hydrogens is 218 g/mol. The smallest absolute Gasteiger partial charge is 0.296 e. The van der Waals surface area contributed by atoms with Crippen LogP contribution in [0.1, 0.15) is 12.5 Å². The van der Waals surface area contributed by atoms with Crippen LogP contribution in [0, 0.1) is 6.92 Å². The number of ether oxygens (including phenoxy) is 1. The summed E-state index contributed by atoms with van der Waals surface area (Å²) in [6.45, 7) is 5.38. The Balaban J connectivity index is 1.99. The van der Waals surface area contributed by atoms with Gasteiger partial charge < -0.3 is 20.2 Å². The largest absolute Gasteiger partial charge is 0.423 e. The van der Waals surface area contributed by atoms with Crippen LogP contribution in [0.15, 0.2) is 16.5 Å². The van der Waals surface area contributed by atoms with Gasteiger partial charge in [-0.15, -0.1) is 0 Å². The van der Waals surface area contributed by atoms with E-state index >= 15 is 0 Å². The molecule has 5 nitrogen and oxygen atoms in total. The first-order valence-corrected chi connectivity index (χ1v) is 5.58. The highest BCUT2D eigenvalue weighted by Gasteiger charge is 2.34. The molecule has 1 saturated heterocycles. The number of oxazole rings is 1. The lowest BCUT2D eigenvalue weighted by atomic mass is 10.0.